The minimum atomic E-state index is 0.0116. The lowest BCUT2D eigenvalue weighted by Crippen LogP contribution is -2.22. The largest absolute Gasteiger partial charge is 0.356 e. The Morgan fingerprint density at radius 1 is 1.04 bits per heavy atom. The fourth-order valence-corrected chi connectivity index (χ4v) is 3.18. The molecule has 0 aliphatic carbocycles. The Morgan fingerprint density at radius 2 is 1.78 bits per heavy atom. The van der Waals surface area contributed by atoms with Crippen LogP contribution < -0.4 is 5.32 Å². The fraction of sp³-hybridized carbons (Fsp3) is 0.158. The number of amides is 1. The normalized spacial score (nSPS) is 10.5. The summed E-state index contributed by atoms with van der Waals surface area (Å²) in [5, 5.41) is 5.94. The van der Waals surface area contributed by atoms with E-state index in [2.05, 4.69) is 47.1 Å². The molecule has 1 aromatic heterocycles. The standard InChI is InChI=1S/C19H18N2OS/c1-14(22)20-12-11-15-7-9-16(10-8-15)18-13-23-19(21-18)17-5-3-2-4-6-17/h2-10,13H,11-12H2,1H3,(H,20,22). The van der Waals surface area contributed by atoms with E-state index in [0.29, 0.717) is 6.54 Å². The summed E-state index contributed by atoms with van der Waals surface area (Å²) in [6, 6.07) is 18.6. The molecular formula is C19H18N2OS. The lowest BCUT2D eigenvalue weighted by Gasteiger charge is -2.03. The van der Waals surface area contributed by atoms with Crippen LogP contribution in [0.5, 0.6) is 0 Å². The Labute approximate surface area is 140 Å². The number of hydrogen-bond donors (Lipinski definition) is 1. The lowest BCUT2D eigenvalue weighted by molar-refractivity contribution is -0.118. The van der Waals surface area contributed by atoms with Crippen molar-refractivity contribution in [2.75, 3.05) is 6.54 Å². The van der Waals surface area contributed by atoms with Crippen LogP contribution in [-0.2, 0) is 11.2 Å². The molecule has 2 aromatic carbocycles. The van der Waals surface area contributed by atoms with Crippen LogP contribution >= 0.6 is 11.3 Å². The van der Waals surface area contributed by atoms with Gasteiger partial charge in [0.2, 0.25) is 5.91 Å². The van der Waals surface area contributed by atoms with E-state index in [0.717, 1.165) is 28.2 Å². The average Bonchev–Trinajstić information content (AvgIpc) is 3.06. The van der Waals surface area contributed by atoms with Gasteiger partial charge >= 0.3 is 0 Å². The topological polar surface area (TPSA) is 42.0 Å². The number of hydrogen-bond acceptors (Lipinski definition) is 3. The number of benzene rings is 2. The number of rotatable bonds is 5. The first-order valence-electron chi connectivity index (χ1n) is 7.57. The van der Waals surface area contributed by atoms with Crippen molar-refractivity contribution < 1.29 is 4.79 Å². The summed E-state index contributed by atoms with van der Waals surface area (Å²) in [5.41, 5.74) is 4.48. The molecule has 3 rings (SSSR count). The Hall–Kier alpha value is -2.46. The van der Waals surface area contributed by atoms with Gasteiger partial charge in [-0.2, -0.15) is 0 Å². The maximum Gasteiger partial charge on any atom is 0.216 e. The summed E-state index contributed by atoms with van der Waals surface area (Å²) in [7, 11) is 0. The van der Waals surface area contributed by atoms with Crippen LogP contribution in [0.2, 0.25) is 0 Å². The molecule has 116 valence electrons. The van der Waals surface area contributed by atoms with Gasteiger partial charge in [-0.05, 0) is 12.0 Å². The molecule has 0 aliphatic rings. The molecule has 1 N–H and O–H groups in total. The summed E-state index contributed by atoms with van der Waals surface area (Å²) >= 11 is 1.66. The summed E-state index contributed by atoms with van der Waals surface area (Å²) in [6.07, 6.45) is 0.839. The number of thiazole rings is 1. The monoisotopic (exact) mass is 322 g/mol. The first-order chi connectivity index (χ1) is 11.2. The molecule has 0 unspecified atom stereocenters. The van der Waals surface area contributed by atoms with Gasteiger partial charge in [0.05, 0.1) is 5.69 Å². The predicted molar refractivity (Wildman–Crippen MR) is 95.4 cm³/mol. The number of aromatic nitrogens is 1. The van der Waals surface area contributed by atoms with Gasteiger partial charge in [-0.1, -0.05) is 54.6 Å². The van der Waals surface area contributed by atoms with E-state index < -0.39 is 0 Å². The third-order valence-electron chi connectivity index (χ3n) is 3.56. The maximum atomic E-state index is 10.9. The van der Waals surface area contributed by atoms with Gasteiger partial charge in [-0.3, -0.25) is 4.79 Å². The van der Waals surface area contributed by atoms with E-state index in [4.69, 9.17) is 4.98 Å². The zero-order chi connectivity index (χ0) is 16.1. The second kappa shape index (κ2) is 7.20. The number of nitrogens with zero attached hydrogens (tertiary/aromatic N) is 1. The molecule has 0 atom stereocenters. The van der Waals surface area contributed by atoms with Crippen LogP contribution in [0, 0.1) is 0 Å². The molecule has 23 heavy (non-hydrogen) atoms. The van der Waals surface area contributed by atoms with E-state index in [-0.39, 0.29) is 5.91 Å². The highest BCUT2D eigenvalue weighted by Gasteiger charge is 2.06. The second-order valence-corrected chi connectivity index (χ2v) is 6.19. The zero-order valence-corrected chi connectivity index (χ0v) is 13.8. The highest BCUT2D eigenvalue weighted by Crippen LogP contribution is 2.28. The Morgan fingerprint density at radius 3 is 2.48 bits per heavy atom. The molecule has 0 spiro atoms. The molecule has 1 amide bonds. The molecule has 1 heterocycles. The highest BCUT2D eigenvalue weighted by atomic mass is 32.1. The van der Waals surface area contributed by atoms with Crippen molar-refractivity contribution in [3.63, 3.8) is 0 Å². The summed E-state index contributed by atoms with van der Waals surface area (Å²) < 4.78 is 0. The van der Waals surface area contributed by atoms with Gasteiger partial charge in [0.15, 0.2) is 0 Å². The van der Waals surface area contributed by atoms with Gasteiger partial charge in [-0.15, -0.1) is 11.3 Å². The number of carbonyl (C=O) groups excluding carboxylic acids is 1. The molecule has 3 aromatic rings. The van der Waals surface area contributed by atoms with Crippen LogP contribution in [0.3, 0.4) is 0 Å². The fourth-order valence-electron chi connectivity index (χ4n) is 2.34. The highest BCUT2D eigenvalue weighted by molar-refractivity contribution is 7.13. The molecule has 0 fully saturated rings. The lowest BCUT2D eigenvalue weighted by atomic mass is 10.1. The van der Waals surface area contributed by atoms with Crippen molar-refractivity contribution in [1.29, 1.82) is 0 Å². The Bertz CT molecular complexity index is 779. The SMILES string of the molecule is CC(=O)NCCc1ccc(-c2csc(-c3ccccc3)n2)cc1. The van der Waals surface area contributed by atoms with Crippen LogP contribution in [-0.4, -0.2) is 17.4 Å². The molecule has 3 nitrogen and oxygen atoms in total. The van der Waals surface area contributed by atoms with Crippen LogP contribution in [0.15, 0.2) is 60.0 Å². The molecule has 0 aliphatic heterocycles. The predicted octanol–water partition coefficient (Wildman–Crippen LogP) is 4.16. The second-order valence-electron chi connectivity index (χ2n) is 5.33. The van der Waals surface area contributed by atoms with E-state index in [1.807, 2.05) is 18.2 Å². The third kappa shape index (κ3) is 4.05. The van der Waals surface area contributed by atoms with Gasteiger partial charge in [0.25, 0.3) is 0 Å². The minimum absolute atomic E-state index is 0.0116. The molecular weight excluding hydrogens is 304 g/mol. The number of nitrogens with one attached hydrogen (secondary N) is 1. The molecule has 0 saturated carbocycles. The van der Waals surface area contributed by atoms with Gasteiger partial charge in [0, 0.05) is 30.0 Å². The summed E-state index contributed by atoms with van der Waals surface area (Å²) in [6.45, 7) is 2.21. The smallest absolute Gasteiger partial charge is 0.216 e. The molecule has 0 saturated heterocycles. The average molecular weight is 322 g/mol. The first kappa shape index (κ1) is 15.4. The summed E-state index contributed by atoms with van der Waals surface area (Å²) in [5.74, 6) is 0.0116. The van der Waals surface area contributed by atoms with Crippen molar-refractivity contribution in [1.82, 2.24) is 10.3 Å². The van der Waals surface area contributed by atoms with E-state index in [1.54, 1.807) is 11.3 Å². The van der Waals surface area contributed by atoms with E-state index in [1.165, 1.54) is 12.5 Å². The van der Waals surface area contributed by atoms with Crippen molar-refractivity contribution in [2.45, 2.75) is 13.3 Å². The van der Waals surface area contributed by atoms with Gasteiger partial charge in [-0.25, -0.2) is 4.98 Å². The van der Waals surface area contributed by atoms with Crippen molar-refractivity contribution in [2.24, 2.45) is 0 Å². The van der Waals surface area contributed by atoms with Crippen LogP contribution in [0.4, 0.5) is 0 Å². The Balaban J connectivity index is 1.70. The quantitative estimate of drug-likeness (QED) is 0.766. The van der Waals surface area contributed by atoms with Crippen molar-refractivity contribution in [3.8, 4) is 21.8 Å². The first-order valence-corrected chi connectivity index (χ1v) is 8.45. The maximum absolute atomic E-state index is 10.9. The van der Waals surface area contributed by atoms with Crippen molar-refractivity contribution >= 4 is 17.2 Å². The zero-order valence-electron chi connectivity index (χ0n) is 13.0. The van der Waals surface area contributed by atoms with Gasteiger partial charge in [0.1, 0.15) is 5.01 Å². The number of carbonyl (C=O) groups is 1. The molecule has 0 bridgehead atoms. The summed E-state index contributed by atoms with van der Waals surface area (Å²) in [4.78, 5) is 15.6. The third-order valence-corrected chi connectivity index (χ3v) is 4.45. The van der Waals surface area contributed by atoms with E-state index >= 15 is 0 Å². The minimum Gasteiger partial charge on any atom is -0.356 e. The molecule has 4 heteroatoms. The van der Waals surface area contributed by atoms with Crippen LogP contribution in [0.1, 0.15) is 12.5 Å². The Kier molecular flexibility index (Phi) is 4.83. The van der Waals surface area contributed by atoms with Crippen LogP contribution in [0.25, 0.3) is 21.8 Å². The molecule has 0 radical (unpaired) electrons. The van der Waals surface area contributed by atoms with E-state index in [9.17, 15) is 4.79 Å². The van der Waals surface area contributed by atoms with Gasteiger partial charge < -0.3 is 5.32 Å². The van der Waals surface area contributed by atoms with Crippen molar-refractivity contribution in [3.05, 3.63) is 65.5 Å².